The van der Waals surface area contributed by atoms with Gasteiger partial charge in [-0.25, -0.2) is 0 Å². The molecule has 0 saturated heterocycles. The van der Waals surface area contributed by atoms with Crippen molar-refractivity contribution in [1.82, 2.24) is 0 Å². The highest BCUT2D eigenvalue weighted by Crippen LogP contribution is 2.33. The van der Waals surface area contributed by atoms with E-state index in [1.54, 1.807) is 14.2 Å². The van der Waals surface area contributed by atoms with Gasteiger partial charge in [0.25, 0.3) is 0 Å². The van der Waals surface area contributed by atoms with E-state index >= 15 is 0 Å². The van der Waals surface area contributed by atoms with E-state index in [2.05, 4.69) is 0 Å². The van der Waals surface area contributed by atoms with Crippen LogP contribution in [-0.4, -0.2) is 31.1 Å². The molecule has 1 aromatic rings. The molecule has 5 nitrogen and oxygen atoms in total. The molecule has 1 N–H and O–H groups in total. The van der Waals surface area contributed by atoms with Crippen LogP contribution in [-0.2, 0) is 9.59 Å². The van der Waals surface area contributed by atoms with Crippen molar-refractivity contribution in [1.29, 1.82) is 0 Å². The van der Waals surface area contributed by atoms with E-state index < -0.39 is 18.3 Å². The molecule has 5 heteroatoms. The molecule has 1 aromatic carbocycles. The first-order valence-corrected chi connectivity index (χ1v) is 5.92. The Morgan fingerprint density at radius 3 is 2.32 bits per heavy atom. The van der Waals surface area contributed by atoms with Gasteiger partial charge in [-0.05, 0) is 43.5 Å². The Hall–Kier alpha value is -2.04. The molecule has 0 bridgehead atoms. The molecule has 0 aliphatic heterocycles. The summed E-state index contributed by atoms with van der Waals surface area (Å²) in [6.07, 6.45) is -0.513. The Balaban J connectivity index is 3.24. The highest BCUT2D eigenvalue weighted by atomic mass is 16.5. The van der Waals surface area contributed by atoms with Gasteiger partial charge in [-0.3, -0.25) is 9.59 Å². The smallest absolute Gasteiger partial charge is 0.312 e. The van der Waals surface area contributed by atoms with Crippen LogP contribution in [0.5, 0.6) is 5.75 Å². The van der Waals surface area contributed by atoms with Crippen LogP contribution in [0.15, 0.2) is 6.07 Å². The van der Waals surface area contributed by atoms with Gasteiger partial charge >= 0.3 is 5.97 Å². The average molecular weight is 265 g/mol. The number of ether oxygens (including phenoxy) is 1. The van der Waals surface area contributed by atoms with Gasteiger partial charge in [0.2, 0.25) is 5.91 Å². The van der Waals surface area contributed by atoms with E-state index in [0.29, 0.717) is 0 Å². The molecule has 19 heavy (non-hydrogen) atoms. The molecule has 0 heterocycles. The van der Waals surface area contributed by atoms with Crippen molar-refractivity contribution >= 4 is 17.6 Å². The molecular formula is C14H19NO4. The first-order chi connectivity index (χ1) is 8.79. The van der Waals surface area contributed by atoms with E-state index in [-0.39, 0.29) is 0 Å². The summed E-state index contributed by atoms with van der Waals surface area (Å²) in [6, 6.07) is 1.85. The minimum Gasteiger partial charge on any atom is -0.496 e. The number of benzene rings is 1. The second kappa shape index (κ2) is 5.73. The molecule has 0 aliphatic rings. The topological polar surface area (TPSA) is 66.8 Å². The number of carboxylic acids is 1. The molecule has 0 aromatic heterocycles. The lowest BCUT2D eigenvalue weighted by Crippen LogP contribution is -2.29. The van der Waals surface area contributed by atoms with Crippen LogP contribution in [0.4, 0.5) is 5.69 Å². The largest absolute Gasteiger partial charge is 0.496 e. The van der Waals surface area contributed by atoms with Gasteiger partial charge in [-0.15, -0.1) is 0 Å². The molecule has 1 rings (SSSR count). The Labute approximate surface area is 112 Å². The van der Waals surface area contributed by atoms with Crippen LogP contribution in [0.2, 0.25) is 0 Å². The predicted octanol–water partition coefficient (Wildman–Crippen LogP) is 2.06. The highest BCUT2D eigenvalue weighted by molar-refractivity contribution is 6.03. The Morgan fingerprint density at radius 1 is 1.26 bits per heavy atom. The van der Waals surface area contributed by atoms with Crippen molar-refractivity contribution in [3.63, 3.8) is 0 Å². The van der Waals surface area contributed by atoms with E-state index in [9.17, 15) is 9.59 Å². The third-order valence-electron chi connectivity index (χ3n) is 3.24. The zero-order valence-corrected chi connectivity index (χ0v) is 11.9. The molecule has 0 aliphatic carbocycles. The number of aliphatic carboxylic acids is 1. The number of methoxy groups -OCH3 is 1. The maximum atomic E-state index is 11.8. The van der Waals surface area contributed by atoms with Gasteiger partial charge in [0.1, 0.15) is 12.2 Å². The maximum Gasteiger partial charge on any atom is 0.312 e. The number of carbonyl (C=O) groups is 2. The number of rotatable bonds is 4. The molecule has 0 spiro atoms. The number of anilines is 1. The minimum absolute atomic E-state index is 0.441. The van der Waals surface area contributed by atoms with E-state index in [0.717, 1.165) is 28.1 Å². The maximum absolute atomic E-state index is 11.8. The monoisotopic (exact) mass is 265 g/mol. The lowest BCUT2D eigenvalue weighted by atomic mass is 10.0. The summed E-state index contributed by atoms with van der Waals surface area (Å²) in [7, 11) is 3.19. The molecule has 104 valence electrons. The molecule has 0 atom stereocenters. The Kier molecular flexibility index (Phi) is 4.53. The number of amides is 1. The molecule has 1 amide bonds. The predicted molar refractivity (Wildman–Crippen MR) is 72.9 cm³/mol. The minimum atomic E-state index is -1.13. The van der Waals surface area contributed by atoms with Crippen molar-refractivity contribution in [2.75, 3.05) is 19.1 Å². The summed E-state index contributed by atoms with van der Waals surface area (Å²) in [5.74, 6) is -0.807. The van der Waals surface area contributed by atoms with Gasteiger partial charge in [0.05, 0.1) is 7.11 Å². The van der Waals surface area contributed by atoms with Crippen molar-refractivity contribution in [2.45, 2.75) is 27.2 Å². The first kappa shape index (κ1) is 15.0. The van der Waals surface area contributed by atoms with E-state index in [1.807, 2.05) is 26.8 Å². The summed E-state index contributed by atoms with van der Waals surface area (Å²) in [5, 5.41) is 8.69. The first-order valence-electron chi connectivity index (χ1n) is 5.92. The fourth-order valence-electron chi connectivity index (χ4n) is 2.13. The van der Waals surface area contributed by atoms with Crippen LogP contribution in [0.1, 0.15) is 23.1 Å². The van der Waals surface area contributed by atoms with E-state index in [1.165, 1.54) is 4.90 Å². The summed E-state index contributed by atoms with van der Waals surface area (Å²) >= 11 is 0. The van der Waals surface area contributed by atoms with Gasteiger partial charge in [-0.1, -0.05) is 0 Å². The van der Waals surface area contributed by atoms with Crippen LogP contribution in [0.25, 0.3) is 0 Å². The molecule has 0 unspecified atom stereocenters. The number of carbonyl (C=O) groups excluding carboxylic acids is 1. The molecular weight excluding hydrogens is 246 g/mol. The summed E-state index contributed by atoms with van der Waals surface area (Å²) in [6.45, 7) is 5.67. The highest BCUT2D eigenvalue weighted by Gasteiger charge is 2.20. The van der Waals surface area contributed by atoms with Crippen molar-refractivity contribution in [2.24, 2.45) is 0 Å². The number of hydrogen-bond acceptors (Lipinski definition) is 3. The SMILES string of the molecule is COc1cc(C)c(N(C)C(=O)CC(=O)O)c(C)c1C. The molecule has 0 fully saturated rings. The second-order valence-corrected chi connectivity index (χ2v) is 4.52. The van der Waals surface area contributed by atoms with Crippen molar-refractivity contribution < 1.29 is 19.4 Å². The third kappa shape index (κ3) is 3.05. The Morgan fingerprint density at radius 2 is 1.84 bits per heavy atom. The lowest BCUT2D eigenvalue weighted by Gasteiger charge is -2.23. The van der Waals surface area contributed by atoms with Gasteiger partial charge < -0.3 is 14.7 Å². The number of carboxylic acid groups (broad SMARTS) is 1. The summed E-state index contributed by atoms with van der Waals surface area (Å²) in [4.78, 5) is 23.8. The number of hydrogen-bond donors (Lipinski definition) is 1. The van der Waals surface area contributed by atoms with Crippen molar-refractivity contribution in [3.8, 4) is 5.75 Å². The zero-order valence-electron chi connectivity index (χ0n) is 11.9. The average Bonchev–Trinajstić information content (AvgIpc) is 2.32. The summed E-state index contributed by atoms with van der Waals surface area (Å²) < 4.78 is 5.27. The molecule has 0 saturated carbocycles. The van der Waals surface area contributed by atoms with Crippen LogP contribution >= 0.6 is 0 Å². The quantitative estimate of drug-likeness (QED) is 0.846. The van der Waals surface area contributed by atoms with Gasteiger partial charge in [-0.2, -0.15) is 0 Å². The van der Waals surface area contributed by atoms with Crippen LogP contribution in [0, 0.1) is 20.8 Å². The van der Waals surface area contributed by atoms with Crippen LogP contribution < -0.4 is 9.64 Å². The Bertz CT molecular complexity index is 523. The fraction of sp³-hybridized carbons (Fsp3) is 0.429. The molecule has 0 radical (unpaired) electrons. The number of nitrogens with zero attached hydrogens (tertiary/aromatic N) is 1. The standard InChI is InChI=1S/C14H19NO4/c1-8-6-11(19-5)9(2)10(3)14(8)15(4)12(16)7-13(17)18/h6H,7H2,1-5H3,(H,17,18). The lowest BCUT2D eigenvalue weighted by molar-refractivity contribution is -0.140. The number of aryl methyl sites for hydroxylation is 1. The van der Waals surface area contributed by atoms with Crippen molar-refractivity contribution in [3.05, 3.63) is 22.8 Å². The third-order valence-corrected chi connectivity index (χ3v) is 3.24. The summed E-state index contributed by atoms with van der Waals surface area (Å²) in [5.41, 5.74) is 3.47. The normalized spacial score (nSPS) is 10.2. The van der Waals surface area contributed by atoms with Crippen LogP contribution in [0.3, 0.4) is 0 Å². The zero-order chi connectivity index (χ0) is 14.7. The van der Waals surface area contributed by atoms with Gasteiger partial charge in [0, 0.05) is 12.7 Å². The van der Waals surface area contributed by atoms with Gasteiger partial charge in [0.15, 0.2) is 0 Å². The fourth-order valence-corrected chi connectivity index (χ4v) is 2.13. The van der Waals surface area contributed by atoms with E-state index in [4.69, 9.17) is 9.84 Å². The second-order valence-electron chi connectivity index (χ2n) is 4.52.